The summed E-state index contributed by atoms with van der Waals surface area (Å²) in [6.07, 6.45) is -0.0804. The number of Topliss-reactive ketones (excluding diaryl/α,β-unsaturated/α-hetero) is 1. The summed E-state index contributed by atoms with van der Waals surface area (Å²) in [6, 6.07) is 7.20. The predicted molar refractivity (Wildman–Crippen MR) is 68.4 cm³/mol. The number of esters is 1. The molecule has 1 aromatic rings. The van der Waals surface area contributed by atoms with Gasteiger partial charge in [-0.05, 0) is 32.9 Å². The van der Waals surface area contributed by atoms with Gasteiger partial charge in [-0.15, -0.1) is 11.8 Å². The molecule has 17 heavy (non-hydrogen) atoms. The Hall–Kier alpha value is -1.29. The third-order valence-corrected chi connectivity index (χ3v) is 2.97. The van der Waals surface area contributed by atoms with E-state index in [2.05, 4.69) is 0 Å². The number of carbonyl (C=O) groups excluding carboxylic acids is 2. The first kappa shape index (κ1) is 13.8. The van der Waals surface area contributed by atoms with Crippen LogP contribution in [0.4, 0.5) is 0 Å². The van der Waals surface area contributed by atoms with Crippen molar-refractivity contribution >= 4 is 23.5 Å². The van der Waals surface area contributed by atoms with Crippen LogP contribution in [-0.4, -0.2) is 23.6 Å². The molecule has 0 saturated carbocycles. The van der Waals surface area contributed by atoms with Crippen molar-refractivity contribution in [3.63, 3.8) is 0 Å². The van der Waals surface area contributed by atoms with E-state index in [9.17, 15) is 9.59 Å². The van der Waals surface area contributed by atoms with Crippen LogP contribution in [0.3, 0.4) is 0 Å². The maximum Gasteiger partial charge on any atom is 0.316 e. The van der Waals surface area contributed by atoms with E-state index in [-0.39, 0.29) is 23.6 Å². The molecule has 1 aromatic carbocycles. The second-order valence-electron chi connectivity index (χ2n) is 3.91. The average molecular weight is 252 g/mol. The number of hydrogen-bond acceptors (Lipinski definition) is 4. The van der Waals surface area contributed by atoms with E-state index in [1.54, 1.807) is 12.1 Å². The maximum atomic E-state index is 11.3. The van der Waals surface area contributed by atoms with E-state index in [1.807, 2.05) is 26.0 Å². The van der Waals surface area contributed by atoms with E-state index < -0.39 is 0 Å². The van der Waals surface area contributed by atoms with Gasteiger partial charge in [0.2, 0.25) is 0 Å². The Kier molecular flexibility index (Phi) is 5.22. The molecule has 0 aliphatic heterocycles. The molecule has 0 spiro atoms. The molecule has 0 fully saturated rings. The molecule has 0 unspecified atom stereocenters. The average Bonchev–Trinajstić information content (AvgIpc) is 2.26. The number of ether oxygens (including phenoxy) is 1. The van der Waals surface area contributed by atoms with Gasteiger partial charge in [0.1, 0.15) is 0 Å². The zero-order chi connectivity index (χ0) is 12.8. The molecular weight excluding hydrogens is 236 g/mol. The molecule has 0 saturated heterocycles. The van der Waals surface area contributed by atoms with Crippen LogP contribution in [-0.2, 0) is 9.53 Å². The second-order valence-corrected chi connectivity index (χ2v) is 4.96. The standard InChI is InChI=1S/C13H16O3S/c1-9(2)16-13(15)8-17-12-6-4-11(5-7-12)10(3)14/h4-7,9H,8H2,1-3H3. The number of thioether (sulfide) groups is 1. The second kappa shape index (κ2) is 6.45. The van der Waals surface area contributed by atoms with E-state index in [1.165, 1.54) is 18.7 Å². The van der Waals surface area contributed by atoms with Gasteiger partial charge in [0.25, 0.3) is 0 Å². The van der Waals surface area contributed by atoms with Gasteiger partial charge in [-0.3, -0.25) is 9.59 Å². The minimum absolute atomic E-state index is 0.0424. The van der Waals surface area contributed by atoms with Crippen molar-refractivity contribution in [1.29, 1.82) is 0 Å². The molecule has 0 amide bonds. The molecule has 0 atom stereocenters. The normalized spacial score (nSPS) is 10.4. The van der Waals surface area contributed by atoms with Crippen molar-refractivity contribution in [3.05, 3.63) is 29.8 Å². The third-order valence-electron chi connectivity index (χ3n) is 1.98. The molecule has 0 heterocycles. The van der Waals surface area contributed by atoms with Crippen molar-refractivity contribution in [2.45, 2.75) is 31.8 Å². The highest BCUT2D eigenvalue weighted by Crippen LogP contribution is 2.18. The van der Waals surface area contributed by atoms with E-state index in [0.717, 1.165) is 4.90 Å². The van der Waals surface area contributed by atoms with Gasteiger partial charge in [0.05, 0.1) is 11.9 Å². The van der Waals surface area contributed by atoms with Gasteiger partial charge in [-0.25, -0.2) is 0 Å². The van der Waals surface area contributed by atoms with E-state index in [4.69, 9.17) is 4.74 Å². The van der Waals surface area contributed by atoms with Crippen LogP contribution < -0.4 is 0 Å². The van der Waals surface area contributed by atoms with Crippen molar-refractivity contribution in [2.75, 3.05) is 5.75 Å². The van der Waals surface area contributed by atoms with Crippen molar-refractivity contribution < 1.29 is 14.3 Å². The molecule has 0 N–H and O–H groups in total. The van der Waals surface area contributed by atoms with Crippen molar-refractivity contribution in [1.82, 2.24) is 0 Å². The highest BCUT2D eigenvalue weighted by molar-refractivity contribution is 8.00. The third kappa shape index (κ3) is 5.04. The fourth-order valence-electron chi connectivity index (χ4n) is 1.23. The molecule has 4 heteroatoms. The number of carbonyl (C=O) groups is 2. The highest BCUT2D eigenvalue weighted by atomic mass is 32.2. The van der Waals surface area contributed by atoms with Gasteiger partial charge in [0.15, 0.2) is 5.78 Å². The van der Waals surface area contributed by atoms with Gasteiger partial charge in [-0.2, -0.15) is 0 Å². The summed E-state index contributed by atoms with van der Waals surface area (Å²) >= 11 is 1.41. The van der Waals surface area contributed by atoms with Gasteiger partial charge in [0, 0.05) is 10.5 Å². The highest BCUT2D eigenvalue weighted by Gasteiger charge is 2.06. The lowest BCUT2D eigenvalue weighted by Gasteiger charge is -2.07. The minimum Gasteiger partial charge on any atom is -0.462 e. The minimum atomic E-state index is -0.222. The Morgan fingerprint density at radius 1 is 1.24 bits per heavy atom. The first-order valence-corrected chi connectivity index (χ1v) is 6.41. The topological polar surface area (TPSA) is 43.4 Å². The van der Waals surface area contributed by atoms with Crippen molar-refractivity contribution in [3.8, 4) is 0 Å². The molecule has 0 aliphatic carbocycles. The lowest BCUT2D eigenvalue weighted by molar-refractivity contribution is -0.144. The maximum absolute atomic E-state index is 11.3. The Morgan fingerprint density at radius 3 is 2.29 bits per heavy atom. The van der Waals surface area contributed by atoms with Gasteiger partial charge in [-0.1, -0.05) is 12.1 Å². The Morgan fingerprint density at radius 2 is 1.82 bits per heavy atom. The zero-order valence-electron chi connectivity index (χ0n) is 10.2. The van der Waals surface area contributed by atoms with Gasteiger partial charge < -0.3 is 4.74 Å². The first-order chi connectivity index (χ1) is 7.99. The SMILES string of the molecule is CC(=O)c1ccc(SCC(=O)OC(C)C)cc1. The number of benzene rings is 1. The first-order valence-electron chi connectivity index (χ1n) is 5.42. The Bertz CT molecular complexity index is 396. The lowest BCUT2D eigenvalue weighted by Crippen LogP contribution is -2.13. The van der Waals surface area contributed by atoms with Crippen LogP contribution in [0.2, 0.25) is 0 Å². The monoisotopic (exact) mass is 252 g/mol. The summed E-state index contributed by atoms with van der Waals surface area (Å²) in [5.74, 6) is 0.110. The fraction of sp³-hybridized carbons (Fsp3) is 0.385. The van der Waals surface area contributed by atoms with Crippen LogP contribution >= 0.6 is 11.8 Å². The summed E-state index contributed by atoms with van der Waals surface area (Å²) < 4.78 is 5.02. The Labute approximate surface area is 106 Å². The quantitative estimate of drug-likeness (QED) is 0.459. The van der Waals surface area contributed by atoms with E-state index in [0.29, 0.717) is 5.56 Å². The summed E-state index contributed by atoms with van der Waals surface area (Å²) in [7, 11) is 0. The Balaban J connectivity index is 2.47. The van der Waals surface area contributed by atoms with Crippen LogP contribution in [0.25, 0.3) is 0 Å². The van der Waals surface area contributed by atoms with Crippen molar-refractivity contribution in [2.24, 2.45) is 0 Å². The van der Waals surface area contributed by atoms with E-state index >= 15 is 0 Å². The molecular formula is C13H16O3S. The van der Waals surface area contributed by atoms with Gasteiger partial charge >= 0.3 is 5.97 Å². The zero-order valence-corrected chi connectivity index (χ0v) is 11.0. The summed E-state index contributed by atoms with van der Waals surface area (Å²) in [5, 5.41) is 0. The molecule has 92 valence electrons. The molecule has 0 radical (unpaired) electrons. The molecule has 0 aromatic heterocycles. The van der Waals surface area contributed by atoms with Crippen LogP contribution in [0.1, 0.15) is 31.1 Å². The summed E-state index contributed by atoms with van der Waals surface area (Å²) in [5.41, 5.74) is 0.680. The molecule has 0 bridgehead atoms. The number of ketones is 1. The summed E-state index contributed by atoms with van der Waals surface area (Å²) in [6.45, 7) is 5.18. The smallest absolute Gasteiger partial charge is 0.316 e. The molecule has 3 nitrogen and oxygen atoms in total. The summed E-state index contributed by atoms with van der Waals surface area (Å²) in [4.78, 5) is 23.3. The number of rotatable bonds is 5. The molecule has 1 rings (SSSR count). The van der Waals surface area contributed by atoms with Crippen LogP contribution in [0.15, 0.2) is 29.2 Å². The number of hydrogen-bond donors (Lipinski definition) is 0. The van der Waals surface area contributed by atoms with Crippen LogP contribution in [0.5, 0.6) is 0 Å². The largest absolute Gasteiger partial charge is 0.462 e. The predicted octanol–water partition coefficient (Wildman–Crippen LogP) is 2.93. The van der Waals surface area contributed by atoms with Crippen LogP contribution in [0, 0.1) is 0 Å². The fourth-order valence-corrected chi connectivity index (χ4v) is 1.91. The molecule has 0 aliphatic rings. The lowest BCUT2D eigenvalue weighted by atomic mass is 10.2.